The molecule has 0 aromatic carbocycles. The number of ether oxygens (including phenoxy) is 3. The van der Waals surface area contributed by atoms with E-state index in [1.54, 1.807) is 0 Å². The number of esters is 3. The highest BCUT2D eigenvalue weighted by Crippen LogP contribution is 2.14. The number of hydrogen-bond donors (Lipinski definition) is 0. The molecule has 6 heteroatoms. The zero-order valence-corrected chi connectivity index (χ0v) is 33.9. The Morgan fingerprint density at radius 1 is 0.373 bits per heavy atom. The molecule has 0 spiro atoms. The first kappa shape index (κ1) is 48.9. The predicted octanol–water partition coefficient (Wildman–Crippen LogP) is 13.6. The number of rotatable bonds is 39. The highest BCUT2D eigenvalue weighted by molar-refractivity contribution is 5.71. The third kappa shape index (κ3) is 38.9. The van der Waals surface area contributed by atoms with Crippen LogP contribution in [0.3, 0.4) is 0 Å². The minimum atomic E-state index is -0.780. The van der Waals surface area contributed by atoms with Crippen LogP contribution in [-0.2, 0) is 28.6 Å². The van der Waals surface area contributed by atoms with E-state index in [1.165, 1.54) is 109 Å². The molecule has 0 aliphatic carbocycles. The monoisotopic (exact) mass is 719 g/mol. The van der Waals surface area contributed by atoms with Crippen molar-refractivity contribution in [3.8, 4) is 0 Å². The molecule has 0 fully saturated rings. The molecule has 0 saturated heterocycles. The summed E-state index contributed by atoms with van der Waals surface area (Å²) in [6.45, 7) is 6.52. The van der Waals surface area contributed by atoms with Crippen LogP contribution in [0.2, 0.25) is 0 Å². The maximum atomic E-state index is 12.6. The van der Waals surface area contributed by atoms with Crippen molar-refractivity contribution in [2.24, 2.45) is 0 Å². The molecule has 1 unspecified atom stereocenters. The van der Waals surface area contributed by atoms with Gasteiger partial charge in [-0.15, -0.1) is 0 Å². The van der Waals surface area contributed by atoms with Crippen LogP contribution < -0.4 is 0 Å². The average molecular weight is 719 g/mol. The fourth-order valence-electron chi connectivity index (χ4n) is 6.07. The predicted molar refractivity (Wildman–Crippen MR) is 215 cm³/mol. The molecule has 0 amide bonds. The van der Waals surface area contributed by atoms with Crippen molar-refractivity contribution >= 4 is 17.9 Å². The lowest BCUT2D eigenvalue weighted by Gasteiger charge is -2.18. The van der Waals surface area contributed by atoms with Crippen molar-refractivity contribution in [2.45, 2.75) is 232 Å². The largest absolute Gasteiger partial charge is 0.462 e. The van der Waals surface area contributed by atoms with Gasteiger partial charge in [-0.05, 0) is 57.8 Å². The van der Waals surface area contributed by atoms with Gasteiger partial charge in [-0.2, -0.15) is 0 Å². The summed E-state index contributed by atoms with van der Waals surface area (Å²) in [6, 6.07) is 0. The molecule has 0 bridgehead atoms. The lowest BCUT2D eigenvalue weighted by atomic mass is 10.0. The van der Waals surface area contributed by atoms with Gasteiger partial charge in [0.25, 0.3) is 0 Å². The van der Waals surface area contributed by atoms with Gasteiger partial charge in [0.15, 0.2) is 6.10 Å². The van der Waals surface area contributed by atoms with Gasteiger partial charge in [-0.3, -0.25) is 14.4 Å². The Morgan fingerprint density at radius 3 is 1.14 bits per heavy atom. The van der Waals surface area contributed by atoms with Crippen molar-refractivity contribution in [1.82, 2.24) is 0 Å². The maximum absolute atomic E-state index is 12.6. The van der Waals surface area contributed by atoms with Gasteiger partial charge in [0.2, 0.25) is 0 Å². The molecule has 0 radical (unpaired) electrons. The molecule has 0 aliphatic rings. The van der Waals surface area contributed by atoms with E-state index in [1.807, 2.05) is 0 Å². The fourth-order valence-corrected chi connectivity index (χ4v) is 6.07. The first-order valence-electron chi connectivity index (χ1n) is 21.8. The van der Waals surface area contributed by atoms with Crippen molar-refractivity contribution < 1.29 is 28.6 Å². The van der Waals surface area contributed by atoms with Gasteiger partial charge >= 0.3 is 17.9 Å². The summed E-state index contributed by atoms with van der Waals surface area (Å²) >= 11 is 0. The number of allylic oxidation sites excluding steroid dienone is 4. The number of unbranched alkanes of at least 4 members (excludes halogenated alkanes) is 24. The first-order valence-corrected chi connectivity index (χ1v) is 21.8. The van der Waals surface area contributed by atoms with Crippen LogP contribution >= 0.6 is 0 Å². The fraction of sp³-hybridized carbons (Fsp3) is 0.844. The van der Waals surface area contributed by atoms with E-state index in [0.29, 0.717) is 19.3 Å². The molecule has 0 saturated carbocycles. The van der Waals surface area contributed by atoms with Gasteiger partial charge < -0.3 is 14.2 Å². The SMILES string of the molecule is CCCC/C=C\CCCCCCC(=O)OC(COC(=O)CCC/C=C\CCCCCC)COC(=O)CCCCCCCCCCCCCCCC. The summed E-state index contributed by atoms with van der Waals surface area (Å²) in [4.78, 5) is 37.5. The second kappa shape index (κ2) is 40.7. The van der Waals surface area contributed by atoms with E-state index in [0.717, 1.165) is 77.0 Å². The first-order chi connectivity index (χ1) is 25.0. The van der Waals surface area contributed by atoms with Crippen molar-refractivity contribution in [1.29, 1.82) is 0 Å². The summed E-state index contributed by atoms with van der Waals surface area (Å²) in [7, 11) is 0. The molecule has 0 aromatic rings. The van der Waals surface area contributed by atoms with Crippen LogP contribution in [0.1, 0.15) is 226 Å². The Labute approximate surface area is 315 Å². The Morgan fingerprint density at radius 2 is 0.686 bits per heavy atom. The zero-order chi connectivity index (χ0) is 37.3. The van der Waals surface area contributed by atoms with Crippen LogP contribution in [0.25, 0.3) is 0 Å². The quantitative estimate of drug-likeness (QED) is 0.0272. The van der Waals surface area contributed by atoms with Crippen LogP contribution in [-0.4, -0.2) is 37.2 Å². The molecular formula is C45H82O6. The van der Waals surface area contributed by atoms with E-state index in [-0.39, 0.29) is 31.1 Å². The molecule has 0 rings (SSSR count). The molecule has 0 N–H and O–H groups in total. The Hall–Kier alpha value is -2.11. The Bertz CT molecular complexity index is 835. The van der Waals surface area contributed by atoms with E-state index in [9.17, 15) is 14.4 Å². The molecular weight excluding hydrogens is 636 g/mol. The third-order valence-corrected chi connectivity index (χ3v) is 9.43. The van der Waals surface area contributed by atoms with Gasteiger partial charge in [-0.25, -0.2) is 0 Å². The van der Waals surface area contributed by atoms with Gasteiger partial charge in [0, 0.05) is 19.3 Å². The summed E-state index contributed by atoms with van der Waals surface area (Å²) < 4.78 is 16.6. The maximum Gasteiger partial charge on any atom is 0.306 e. The molecule has 51 heavy (non-hydrogen) atoms. The van der Waals surface area contributed by atoms with Crippen molar-refractivity contribution in [2.75, 3.05) is 13.2 Å². The minimum Gasteiger partial charge on any atom is -0.462 e. The van der Waals surface area contributed by atoms with Crippen molar-refractivity contribution in [3.05, 3.63) is 24.3 Å². The normalized spacial score (nSPS) is 12.1. The summed E-state index contributed by atoms with van der Waals surface area (Å²) in [6.07, 6.45) is 43.1. The van der Waals surface area contributed by atoms with Crippen molar-refractivity contribution in [3.63, 3.8) is 0 Å². The molecule has 0 heterocycles. The smallest absolute Gasteiger partial charge is 0.306 e. The molecule has 6 nitrogen and oxygen atoms in total. The number of carbonyl (C=O) groups excluding carboxylic acids is 3. The van der Waals surface area contributed by atoms with E-state index in [4.69, 9.17) is 14.2 Å². The average Bonchev–Trinajstić information content (AvgIpc) is 3.12. The topological polar surface area (TPSA) is 78.9 Å². The summed E-state index contributed by atoms with van der Waals surface area (Å²) in [5.41, 5.74) is 0. The van der Waals surface area contributed by atoms with E-state index >= 15 is 0 Å². The van der Waals surface area contributed by atoms with E-state index in [2.05, 4.69) is 45.1 Å². The van der Waals surface area contributed by atoms with Gasteiger partial charge in [-0.1, -0.05) is 173 Å². The van der Waals surface area contributed by atoms with Crippen LogP contribution in [0.5, 0.6) is 0 Å². The Kier molecular flexibility index (Phi) is 39.0. The molecule has 0 aromatic heterocycles. The van der Waals surface area contributed by atoms with Crippen LogP contribution in [0.4, 0.5) is 0 Å². The second-order valence-corrected chi connectivity index (χ2v) is 14.6. The zero-order valence-electron chi connectivity index (χ0n) is 33.9. The third-order valence-electron chi connectivity index (χ3n) is 9.43. The number of hydrogen-bond acceptors (Lipinski definition) is 6. The highest BCUT2D eigenvalue weighted by atomic mass is 16.6. The lowest BCUT2D eigenvalue weighted by molar-refractivity contribution is -0.167. The molecule has 1 atom stereocenters. The second-order valence-electron chi connectivity index (χ2n) is 14.6. The molecule has 0 aliphatic heterocycles. The van der Waals surface area contributed by atoms with Crippen LogP contribution in [0, 0.1) is 0 Å². The molecule has 298 valence electrons. The lowest BCUT2D eigenvalue weighted by Crippen LogP contribution is -2.30. The van der Waals surface area contributed by atoms with Gasteiger partial charge in [0.05, 0.1) is 0 Å². The van der Waals surface area contributed by atoms with Gasteiger partial charge in [0.1, 0.15) is 13.2 Å². The highest BCUT2D eigenvalue weighted by Gasteiger charge is 2.19. The summed E-state index contributed by atoms with van der Waals surface area (Å²) in [5, 5.41) is 0. The van der Waals surface area contributed by atoms with E-state index < -0.39 is 6.10 Å². The van der Waals surface area contributed by atoms with Crippen LogP contribution in [0.15, 0.2) is 24.3 Å². The standard InChI is InChI=1S/C45H82O6/c1-4-7-10-13-16-19-21-22-23-24-27-29-32-35-38-44(47)50-41-42(40-49-43(46)37-34-31-28-25-18-15-12-9-6-3)51-45(48)39-36-33-30-26-20-17-14-11-8-5-2/h14,17,25,28,42H,4-13,15-16,18-24,26-27,29-41H2,1-3H3/b17-14-,28-25-. The Balaban J connectivity index is 4.35. The number of carbonyl (C=O) groups is 3. The summed E-state index contributed by atoms with van der Waals surface area (Å²) in [5.74, 6) is -0.931. The minimum absolute atomic E-state index is 0.0818.